The molecule has 2 aliphatic heterocycles. The van der Waals surface area contributed by atoms with Gasteiger partial charge in [-0.05, 0) is 6.42 Å². The number of nitrogens with zero attached hydrogens (tertiary/aromatic N) is 3. The first kappa shape index (κ1) is 20.2. The number of ether oxygens (including phenoxy) is 1. The first-order valence-corrected chi connectivity index (χ1v) is 7.85. The summed E-state index contributed by atoms with van der Waals surface area (Å²) in [5, 5.41) is 5.93. The van der Waals surface area contributed by atoms with Crippen LogP contribution in [0.5, 0.6) is 0 Å². The van der Waals surface area contributed by atoms with Crippen LogP contribution in [0.15, 0.2) is 17.1 Å². The molecule has 132 valence electrons. The van der Waals surface area contributed by atoms with Gasteiger partial charge < -0.3 is 20.3 Å². The number of methoxy groups -OCH3 is 1. The van der Waals surface area contributed by atoms with Crippen LogP contribution in [0.3, 0.4) is 0 Å². The first-order valence-electron chi connectivity index (χ1n) is 7.85. The number of nitrogens with one attached hydrogen (secondary N) is 2. The molecule has 0 saturated carbocycles. The van der Waals surface area contributed by atoms with Crippen LogP contribution in [-0.2, 0) is 9.53 Å². The lowest BCUT2D eigenvalue weighted by Gasteiger charge is -2.25. The van der Waals surface area contributed by atoms with E-state index in [1.54, 1.807) is 14.2 Å². The maximum absolute atomic E-state index is 11.7. The smallest absolute Gasteiger partial charge is 0.239 e. The molecule has 2 N–H and O–H groups in total. The van der Waals surface area contributed by atoms with E-state index in [2.05, 4.69) is 37.6 Å². The molecular formula is C15H28IN5O2. The zero-order valence-corrected chi connectivity index (χ0v) is 16.3. The topological polar surface area (TPSA) is 69.2 Å². The summed E-state index contributed by atoms with van der Waals surface area (Å²) in [7, 11) is 3.38. The second-order valence-corrected chi connectivity index (χ2v) is 5.56. The number of hydrogen-bond acceptors (Lipinski definition) is 4. The van der Waals surface area contributed by atoms with Crippen molar-refractivity contribution in [1.29, 1.82) is 0 Å². The van der Waals surface area contributed by atoms with Gasteiger partial charge in [0.2, 0.25) is 5.91 Å². The van der Waals surface area contributed by atoms with Crippen LogP contribution in [-0.4, -0.2) is 87.7 Å². The number of hydrogen-bond donors (Lipinski definition) is 2. The summed E-state index contributed by atoms with van der Waals surface area (Å²) in [5.74, 6) is 0.759. The minimum atomic E-state index is -0.0438. The number of rotatable bonds is 6. The lowest BCUT2D eigenvalue weighted by atomic mass is 10.2. The second kappa shape index (κ2) is 10.8. The number of aliphatic imine (C=N–C) groups is 1. The highest BCUT2D eigenvalue weighted by atomic mass is 127. The maximum Gasteiger partial charge on any atom is 0.239 e. The lowest BCUT2D eigenvalue weighted by Crippen LogP contribution is -2.46. The highest BCUT2D eigenvalue weighted by Gasteiger charge is 2.29. The standard InChI is InChI=1S/C15H27N5O2.HI/c1-16-15(18-11-14(21)17-6-10-22-2)20-9-5-13(12-20)19-7-3-4-8-19;/h3-4,13H,5-12H2,1-2H3,(H,16,18)(H,17,21);1H. The molecule has 0 aromatic heterocycles. The van der Waals surface area contributed by atoms with Crippen molar-refractivity contribution in [2.24, 2.45) is 4.99 Å². The molecule has 2 rings (SSSR count). The monoisotopic (exact) mass is 437 g/mol. The van der Waals surface area contributed by atoms with Crippen molar-refractivity contribution in [3.05, 3.63) is 12.2 Å². The maximum atomic E-state index is 11.7. The van der Waals surface area contributed by atoms with Gasteiger partial charge in [-0.15, -0.1) is 24.0 Å². The van der Waals surface area contributed by atoms with Crippen LogP contribution in [0.2, 0.25) is 0 Å². The number of carbonyl (C=O) groups excluding carboxylic acids is 1. The van der Waals surface area contributed by atoms with Gasteiger partial charge in [0.05, 0.1) is 13.2 Å². The quantitative estimate of drug-likeness (QED) is 0.200. The zero-order chi connectivity index (χ0) is 15.8. The molecule has 1 unspecified atom stereocenters. The zero-order valence-electron chi connectivity index (χ0n) is 14.0. The fourth-order valence-corrected chi connectivity index (χ4v) is 2.87. The Balaban J connectivity index is 0.00000264. The molecule has 0 spiro atoms. The van der Waals surface area contributed by atoms with Gasteiger partial charge in [-0.2, -0.15) is 0 Å². The Bertz CT molecular complexity index is 422. The average Bonchev–Trinajstić information content (AvgIpc) is 3.19. The fraction of sp³-hybridized carbons (Fsp3) is 0.733. The van der Waals surface area contributed by atoms with E-state index in [9.17, 15) is 4.79 Å². The van der Waals surface area contributed by atoms with Gasteiger partial charge in [0.25, 0.3) is 0 Å². The third-order valence-electron chi connectivity index (χ3n) is 4.07. The van der Waals surface area contributed by atoms with E-state index in [1.165, 1.54) is 0 Å². The van der Waals surface area contributed by atoms with Gasteiger partial charge in [-0.1, -0.05) is 12.2 Å². The second-order valence-electron chi connectivity index (χ2n) is 5.56. The van der Waals surface area contributed by atoms with Crippen LogP contribution < -0.4 is 10.6 Å². The molecule has 8 heteroatoms. The van der Waals surface area contributed by atoms with Crippen molar-refractivity contribution >= 4 is 35.8 Å². The predicted octanol–water partition coefficient (Wildman–Crippen LogP) is -0.111. The van der Waals surface area contributed by atoms with Crippen molar-refractivity contribution in [3.8, 4) is 0 Å². The van der Waals surface area contributed by atoms with Crippen molar-refractivity contribution in [2.75, 3.05) is 60.0 Å². The van der Waals surface area contributed by atoms with E-state index in [1.807, 2.05) is 0 Å². The molecule has 1 fully saturated rings. The summed E-state index contributed by atoms with van der Waals surface area (Å²) in [6.45, 7) is 5.34. The first-order chi connectivity index (χ1) is 10.7. The van der Waals surface area contributed by atoms with E-state index in [-0.39, 0.29) is 36.4 Å². The molecule has 1 amide bonds. The highest BCUT2D eigenvalue weighted by molar-refractivity contribution is 14.0. The molecule has 2 heterocycles. The summed E-state index contributed by atoms with van der Waals surface area (Å²) in [4.78, 5) is 20.7. The number of likely N-dealkylation sites (tertiary alicyclic amines) is 1. The Hall–Kier alpha value is -0.870. The van der Waals surface area contributed by atoms with Gasteiger partial charge in [0.15, 0.2) is 5.96 Å². The molecule has 1 atom stereocenters. The van der Waals surface area contributed by atoms with Crippen molar-refractivity contribution in [2.45, 2.75) is 12.5 Å². The third-order valence-corrected chi connectivity index (χ3v) is 4.07. The van der Waals surface area contributed by atoms with Crippen LogP contribution >= 0.6 is 24.0 Å². The minimum absolute atomic E-state index is 0. The largest absolute Gasteiger partial charge is 0.383 e. The number of guanidine groups is 1. The fourth-order valence-electron chi connectivity index (χ4n) is 2.87. The molecule has 0 aromatic rings. The Labute approximate surface area is 155 Å². The van der Waals surface area contributed by atoms with E-state index in [0.717, 1.165) is 38.6 Å². The number of halogens is 1. The lowest BCUT2D eigenvalue weighted by molar-refractivity contribution is -0.120. The Morgan fingerprint density at radius 3 is 2.74 bits per heavy atom. The molecule has 0 aromatic carbocycles. The third kappa shape index (κ3) is 6.27. The van der Waals surface area contributed by atoms with Gasteiger partial charge in [-0.25, -0.2) is 0 Å². The Kier molecular flexibility index (Phi) is 9.49. The Morgan fingerprint density at radius 2 is 2.09 bits per heavy atom. The van der Waals surface area contributed by atoms with E-state index in [0.29, 0.717) is 19.2 Å². The van der Waals surface area contributed by atoms with Crippen molar-refractivity contribution in [1.82, 2.24) is 20.4 Å². The molecule has 0 radical (unpaired) electrons. The molecular weight excluding hydrogens is 409 g/mol. The summed E-state index contributed by atoms with van der Waals surface area (Å²) < 4.78 is 4.90. The van der Waals surface area contributed by atoms with Crippen molar-refractivity contribution in [3.63, 3.8) is 0 Å². The normalized spacial score (nSPS) is 21.4. The van der Waals surface area contributed by atoms with Crippen LogP contribution in [0.4, 0.5) is 0 Å². The van der Waals surface area contributed by atoms with Gasteiger partial charge >= 0.3 is 0 Å². The molecule has 0 aliphatic carbocycles. The molecule has 23 heavy (non-hydrogen) atoms. The van der Waals surface area contributed by atoms with E-state index >= 15 is 0 Å². The number of carbonyl (C=O) groups is 1. The van der Waals surface area contributed by atoms with Crippen LogP contribution in [0.1, 0.15) is 6.42 Å². The van der Waals surface area contributed by atoms with Crippen LogP contribution in [0, 0.1) is 0 Å². The number of amides is 1. The van der Waals surface area contributed by atoms with Gasteiger partial charge in [0, 0.05) is 52.9 Å². The molecule has 2 aliphatic rings. The van der Waals surface area contributed by atoms with E-state index < -0.39 is 0 Å². The SMILES string of the molecule is CN=C(NCC(=O)NCCOC)N1CCC(N2CC=CC2)C1.I. The summed E-state index contributed by atoms with van der Waals surface area (Å²) in [6, 6.07) is 0.573. The molecule has 0 bridgehead atoms. The summed E-state index contributed by atoms with van der Waals surface area (Å²) >= 11 is 0. The minimum Gasteiger partial charge on any atom is -0.383 e. The molecule has 7 nitrogen and oxygen atoms in total. The average molecular weight is 437 g/mol. The van der Waals surface area contributed by atoms with Crippen molar-refractivity contribution < 1.29 is 9.53 Å². The summed E-state index contributed by atoms with van der Waals surface area (Å²) in [5.41, 5.74) is 0. The molecule has 1 saturated heterocycles. The van der Waals surface area contributed by atoms with E-state index in [4.69, 9.17) is 4.74 Å². The Morgan fingerprint density at radius 1 is 1.35 bits per heavy atom. The highest BCUT2D eigenvalue weighted by Crippen LogP contribution is 2.17. The predicted molar refractivity (Wildman–Crippen MR) is 102 cm³/mol. The van der Waals surface area contributed by atoms with Crippen LogP contribution in [0.25, 0.3) is 0 Å². The van der Waals surface area contributed by atoms with Gasteiger partial charge in [-0.3, -0.25) is 14.7 Å². The summed E-state index contributed by atoms with van der Waals surface area (Å²) in [6.07, 6.45) is 5.59. The van der Waals surface area contributed by atoms with Gasteiger partial charge in [0.1, 0.15) is 0 Å².